The lowest BCUT2D eigenvalue weighted by Crippen LogP contribution is -2.52. The third-order valence-corrected chi connectivity index (χ3v) is 5.26. The summed E-state index contributed by atoms with van der Waals surface area (Å²) >= 11 is 0. The summed E-state index contributed by atoms with van der Waals surface area (Å²) in [5.74, 6) is 0.805. The maximum atomic E-state index is 12.2. The Balaban J connectivity index is 1.47. The molecule has 0 aliphatic heterocycles. The van der Waals surface area contributed by atoms with Crippen LogP contribution in [0, 0.1) is 11.8 Å². The predicted octanol–water partition coefficient (Wildman–Crippen LogP) is 1.71. The quantitative estimate of drug-likeness (QED) is 0.505. The molecular formula is C17H21N3O2. The lowest BCUT2D eigenvalue weighted by molar-refractivity contribution is -0.0587. The highest BCUT2D eigenvalue weighted by molar-refractivity contribution is 5.94. The van der Waals surface area contributed by atoms with E-state index in [0.29, 0.717) is 23.1 Å². The summed E-state index contributed by atoms with van der Waals surface area (Å²) in [6, 6.07) is 6.86. The summed E-state index contributed by atoms with van der Waals surface area (Å²) in [5, 5.41) is 10.5. The molecule has 5 rings (SSSR count). The van der Waals surface area contributed by atoms with E-state index in [-0.39, 0.29) is 5.91 Å². The molecule has 1 amide bonds. The van der Waals surface area contributed by atoms with Gasteiger partial charge in [0.2, 0.25) is 0 Å². The first-order valence-electron chi connectivity index (χ1n) is 7.89. The second-order valence-electron chi connectivity index (χ2n) is 7.03. The Morgan fingerprint density at radius 2 is 2.05 bits per heavy atom. The van der Waals surface area contributed by atoms with Crippen molar-refractivity contribution in [2.45, 2.75) is 37.7 Å². The van der Waals surface area contributed by atoms with Crippen LogP contribution in [-0.4, -0.2) is 16.6 Å². The number of nitrogen functional groups attached to an aromatic ring is 1. The van der Waals surface area contributed by atoms with Crippen LogP contribution in [0.15, 0.2) is 35.5 Å². The first-order valence-corrected chi connectivity index (χ1v) is 7.89. The summed E-state index contributed by atoms with van der Waals surface area (Å²) < 4.78 is 0. The van der Waals surface area contributed by atoms with Crippen LogP contribution in [0.25, 0.3) is 0 Å². The van der Waals surface area contributed by atoms with Gasteiger partial charge in [-0.25, -0.2) is 0 Å². The Morgan fingerprint density at radius 3 is 2.73 bits per heavy atom. The van der Waals surface area contributed by atoms with E-state index in [0.717, 1.165) is 37.8 Å². The second kappa shape index (κ2) is 4.74. The minimum atomic E-state index is -0.493. The molecule has 0 spiro atoms. The first kappa shape index (κ1) is 13.6. The summed E-state index contributed by atoms with van der Waals surface area (Å²) in [6.07, 6.45) is 4.68. The van der Waals surface area contributed by atoms with E-state index in [1.54, 1.807) is 24.3 Å². The van der Waals surface area contributed by atoms with Crippen LogP contribution in [0.3, 0.4) is 0 Å². The Bertz CT molecular complexity index is 652. The van der Waals surface area contributed by atoms with Crippen LogP contribution in [0.5, 0.6) is 0 Å². The number of benzene rings is 1. The van der Waals surface area contributed by atoms with Crippen LogP contribution in [0.1, 0.15) is 42.5 Å². The van der Waals surface area contributed by atoms with E-state index in [1.165, 1.54) is 5.57 Å². The molecule has 4 aliphatic rings. The SMILES string of the molecule is Nc1ccc(C(=O)NNC2=C3CC4CC2CC(O)(C3)C4)cc1. The zero-order chi connectivity index (χ0) is 15.3. The number of aliphatic hydroxyl groups is 1. The molecule has 2 saturated carbocycles. The van der Waals surface area contributed by atoms with Gasteiger partial charge in [0, 0.05) is 22.9 Å². The molecule has 22 heavy (non-hydrogen) atoms. The van der Waals surface area contributed by atoms with E-state index < -0.39 is 5.60 Å². The van der Waals surface area contributed by atoms with E-state index in [1.807, 2.05) is 0 Å². The molecule has 4 bridgehead atoms. The average Bonchev–Trinajstić information content (AvgIpc) is 2.45. The molecule has 0 heterocycles. The molecule has 5 heteroatoms. The van der Waals surface area contributed by atoms with E-state index in [9.17, 15) is 9.90 Å². The number of hydrogen-bond acceptors (Lipinski definition) is 4. The van der Waals surface area contributed by atoms with Crippen molar-refractivity contribution in [2.75, 3.05) is 5.73 Å². The van der Waals surface area contributed by atoms with Gasteiger partial charge in [-0.2, -0.15) is 0 Å². The maximum absolute atomic E-state index is 12.2. The van der Waals surface area contributed by atoms with Crippen molar-refractivity contribution in [3.05, 3.63) is 41.1 Å². The topological polar surface area (TPSA) is 87.4 Å². The number of allylic oxidation sites excluding steroid dienone is 1. The van der Waals surface area contributed by atoms with Gasteiger partial charge >= 0.3 is 0 Å². The Kier molecular flexibility index (Phi) is 2.94. The van der Waals surface area contributed by atoms with Gasteiger partial charge in [0.15, 0.2) is 0 Å². The Morgan fingerprint density at radius 1 is 1.27 bits per heavy atom. The molecule has 1 aromatic carbocycles. The van der Waals surface area contributed by atoms with Crippen LogP contribution in [0.2, 0.25) is 0 Å². The summed E-state index contributed by atoms with van der Waals surface area (Å²) in [4.78, 5) is 12.2. The molecule has 3 unspecified atom stereocenters. The van der Waals surface area contributed by atoms with Crippen molar-refractivity contribution in [2.24, 2.45) is 11.8 Å². The van der Waals surface area contributed by atoms with Gasteiger partial charge < -0.3 is 16.3 Å². The second-order valence-corrected chi connectivity index (χ2v) is 7.03. The molecule has 0 radical (unpaired) electrons. The highest BCUT2D eigenvalue weighted by atomic mass is 16.3. The fourth-order valence-corrected chi connectivity index (χ4v) is 4.50. The Hall–Kier alpha value is -2.01. The number of nitrogens with two attached hydrogens (primary N) is 1. The number of rotatable bonds is 3. The molecule has 2 fully saturated rings. The number of hydrazine groups is 1. The highest BCUT2D eigenvalue weighted by Crippen LogP contribution is 2.54. The molecule has 1 aromatic rings. The van der Waals surface area contributed by atoms with Crippen molar-refractivity contribution in [1.82, 2.24) is 10.9 Å². The molecule has 0 aromatic heterocycles. The highest BCUT2D eigenvalue weighted by Gasteiger charge is 2.49. The van der Waals surface area contributed by atoms with Gasteiger partial charge in [0.1, 0.15) is 0 Å². The van der Waals surface area contributed by atoms with Gasteiger partial charge in [-0.3, -0.25) is 10.2 Å². The number of nitrogens with one attached hydrogen (secondary N) is 2. The van der Waals surface area contributed by atoms with Crippen LogP contribution >= 0.6 is 0 Å². The maximum Gasteiger partial charge on any atom is 0.269 e. The van der Waals surface area contributed by atoms with Gasteiger partial charge in [-0.1, -0.05) is 0 Å². The van der Waals surface area contributed by atoms with Crippen LogP contribution in [-0.2, 0) is 0 Å². The predicted molar refractivity (Wildman–Crippen MR) is 83.5 cm³/mol. The number of carbonyl (C=O) groups is 1. The van der Waals surface area contributed by atoms with E-state index >= 15 is 0 Å². The lowest BCUT2D eigenvalue weighted by Gasteiger charge is -2.52. The Labute approximate surface area is 129 Å². The van der Waals surface area contributed by atoms with Crippen molar-refractivity contribution in [3.63, 3.8) is 0 Å². The number of carbonyl (C=O) groups excluding carboxylic acids is 1. The number of amides is 1. The number of anilines is 1. The average molecular weight is 299 g/mol. The molecule has 116 valence electrons. The van der Waals surface area contributed by atoms with E-state index in [4.69, 9.17) is 5.73 Å². The van der Waals surface area contributed by atoms with Gasteiger partial charge in [-0.15, -0.1) is 0 Å². The number of hydrogen-bond donors (Lipinski definition) is 4. The van der Waals surface area contributed by atoms with Crippen molar-refractivity contribution in [1.29, 1.82) is 0 Å². The smallest absolute Gasteiger partial charge is 0.269 e. The van der Waals surface area contributed by atoms with Crippen molar-refractivity contribution < 1.29 is 9.90 Å². The molecule has 3 atom stereocenters. The minimum absolute atomic E-state index is 0.166. The summed E-state index contributed by atoms with van der Waals surface area (Å²) in [5.41, 5.74) is 14.7. The molecule has 5 N–H and O–H groups in total. The lowest BCUT2D eigenvalue weighted by atomic mass is 9.58. The van der Waals surface area contributed by atoms with Crippen LogP contribution in [0.4, 0.5) is 5.69 Å². The first-order chi connectivity index (χ1) is 10.5. The summed E-state index contributed by atoms with van der Waals surface area (Å²) in [6.45, 7) is 0. The monoisotopic (exact) mass is 299 g/mol. The molecule has 0 saturated heterocycles. The van der Waals surface area contributed by atoms with Crippen molar-refractivity contribution in [3.8, 4) is 0 Å². The fourth-order valence-electron chi connectivity index (χ4n) is 4.50. The molecular weight excluding hydrogens is 278 g/mol. The fraction of sp³-hybridized carbons (Fsp3) is 0.471. The van der Waals surface area contributed by atoms with Crippen molar-refractivity contribution >= 4 is 11.6 Å². The zero-order valence-electron chi connectivity index (χ0n) is 12.4. The van der Waals surface area contributed by atoms with Crippen LogP contribution < -0.4 is 16.6 Å². The largest absolute Gasteiger partial charge is 0.399 e. The van der Waals surface area contributed by atoms with Gasteiger partial charge in [0.25, 0.3) is 5.91 Å². The van der Waals surface area contributed by atoms with Gasteiger partial charge in [-0.05, 0) is 67.9 Å². The minimum Gasteiger partial charge on any atom is -0.399 e. The zero-order valence-corrected chi connectivity index (χ0v) is 12.4. The normalized spacial score (nSPS) is 32.2. The summed E-state index contributed by atoms with van der Waals surface area (Å²) in [7, 11) is 0. The standard InChI is InChI=1S/C17H21N3O2/c18-14-3-1-11(2-4-14)16(21)20-19-15-12-5-10-6-13(15)9-17(22,7-10)8-12/h1-4,10,12,19,22H,5-9,18H2,(H,20,21). The third-order valence-electron chi connectivity index (χ3n) is 5.26. The molecule has 4 aliphatic carbocycles. The van der Waals surface area contributed by atoms with E-state index in [2.05, 4.69) is 10.9 Å². The molecule has 5 nitrogen and oxygen atoms in total. The third kappa shape index (κ3) is 2.25. The van der Waals surface area contributed by atoms with Gasteiger partial charge in [0.05, 0.1) is 5.60 Å².